The van der Waals surface area contributed by atoms with Crippen molar-refractivity contribution < 1.29 is 9.31 Å². The zero-order valence-electron chi connectivity index (χ0n) is 12.4. The van der Waals surface area contributed by atoms with E-state index in [1.54, 1.807) is 0 Å². The molecule has 2 heterocycles. The van der Waals surface area contributed by atoms with Crippen LogP contribution in [0.25, 0.3) is 10.9 Å². The number of benzene rings is 1. The molecule has 0 spiro atoms. The molecule has 0 amide bonds. The molecule has 0 atom stereocenters. The fourth-order valence-corrected chi connectivity index (χ4v) is 2.74. The highest BCUT2D eigenvalue weighted by atomic mass is 79.9. The van der Waals surface area contributed by atoms with E-state index in [2.05, 4.69) is 54.8 Å². The van der Waals surface area contributed by atoms with Crippen molar-refractivity contribution >= 4 is 39.5 Å². The summed E-state index contributed by atoms with van der Waals surface area (Å²) < 4.78 is 15.1. The van der Waals surface area contributed by atoms with Gasteiger partial charge in [0.1, 0.15) is 5.59 Å². The zero-order chi connectivity index (χ0) is 14.7. The number of hydrogen-bond acceptors (Lipinski definition) is 3. The van der Waals surface area contributed by atoms with E-state index < -0.39 is 7.12 Å². The van der Waals surface area contributed by atoms with Crippen LogP contribution in [0.2, 0.25) is 0 Å². The van der Waals surface area contributed by atoms with Crippen LogP contribution in [0.3, 0.4) is 0 Å². The molecule has 4 nitrogen and oxygen atoms in total. The van der Waals surface area contributed by atoms with Crippen LogP contribution in [-0.2, 0) is 16.4 Å². The molecular formula is C14H18BBrN2O2. The van der Waals surface area contributed by atoms with Gasteiger partial charge in [-0.15, -0.1) is 0 Å². The van der Waals surface area contributed by atoms with Crippen molar-refractivity contribution in [2.24, 2.45) is 7.05 Å². The van der Waals surface area contributed by atoms with Crippen molar-refractivity contribution in [2.45, 2.75) is 38.9 Å². The Morgan fingerprint density at radius 3 is 2.35 bits per heavy atom. The number of aromatic nitrogens is 2. The lowest BCUT2D eigenvalue weighted by molar-refractivity contribution is 0.00578. The molecule has 1 aliphatic heterocycles. The second-order valence-corrected chi connectivity index (χ2v) is 7.17. The van der Waals surface area contributed by atoms with E-state index in [1.165, 1.54) is 0 Å². The smallest absolute Gasteiger partial charge is 0.398 e. The number of halogens is 1. The first kappa shape index (κ1) is 14.1. The predicted octanol–water partition coefficient (Wildman–Crippen LogP) is 2.64. The first-order chi connectivity index (χ1) is 9.21. The van der Waals surface area contributed by atoms with Gasteiger partial charge in [0.25, 0.3) is 0 Å². The van der Waals surface area contributed by atoms with E-state index in [0.29, 0.717) is 0 Å². The molecule has 20 heavy (non-hydrogen) atoms. The molecule has 3 rings (SSSR count). The van der Waals surface area contributed by atoms with Crippen molar-refractivity contribution in [2.75, 3.05) is 0 Å². The third-order valence-electron chi connectivity index (χ3n) is 4.32. The minimum absolute atomic E-state index is 0.350. The summed E-state index contributed by atoms with van der Waals surface area (Å²) in [5.41, 5.74) is 1.20. The highest BCUT2D eigenvalue weighted by Gasteiger charge is 2.53. The summed E-state index contributed by atoms with van der Waals surface area (Å²) in [6.07, 6.45) is 0. The number of aryl methyl sites for hydroxylation is 1. The lowest BCUT2D eigenvalue weighted by Crippen LogP contribution is -2.41. The molecule has 1 aromatic carbocycles. The van der Waals surface area contributed by atoms with Crippen molar-refractivity contribution in [1.82, 2.24) is 9.78 Å². The molecule has 1 fully saturated rings. The van der Waals surface area contributed by atoms with Gasteiger partial charge in [0.15, 0.2) is 0 Å². The van der Waals surface area contributed by atoms with Crippen LogP contribution in [-0.4, -0.2) is 28.1 Å². The zero-order valence-corrected chi connectivity index (χ0v) is 14.0. The molecule has 6 heteroatoms. The average molecular weight is 337 g/mol. The van der Waals surface area contributed by atoms with Gasteiger partial charge in [-0.2, -0.15) is 5.10 Å². The Labute approximate surface area is 127 Å². The van der Waals surface area contributed by atoms with Gasteiger partial charge >= 0.3 is 7.12 Å². The molecule has 0 radical (unpaired) electrons. The molecule has 0 N–H and O–H groups in total. The van der Waals surface area contributed by atoms with E-state index in [4.69, 9.17) is 9.31 Å². The fourth-order valence-electron chi connectivity index (χ4n) is 2.39. The first-order valence-electron chi connectivity index (χ1n) is 6.69. The highest BCUT2D eigenvalue weighted by Crippen LogP contribution is 2.37. The van der Waals surface area contributed by atoms with Gasteiger partial charge in [-0.25, -0.2) is 0 Å². The summed E-state index contributed by atoms with van der Waals surface area (Å²) in [5, 5.41) is 5.65. The normalized spacial score (nSPS) is 20.8. The highest BCUT2D eigenvalue weighted by molar-refractivity contribution is 9.10. The van der Waals surface area contributed by atoms with E-state index >= 15 is 0 Å². The van der Waals surface area contributed by atoms with Gasteiger partial charge in [0.05, 0.1) is 16.7 Å². The first-order valence-corrected chi connectivity index (χ1v) is 7.48. The van der Waals surface area contributed by atoms with Crippen LogP contribution < -0.4 is 5.59 Å². The molecule has 106 valence electrons. The SMILES string of the molecule is Cn1nc(B2OC(C)(C)C(C)(C)O2)c2ccc(Br)cc21. The van der Waals surface area contributed by atoms with E-state index in [-0.39, 0.29) is 11.2 Å². The maximum absolute atomic E-state index is 6.09. The third kappa shape index (κ3) is 2.01. The average Bonchev–Trinajstić information content (AvgIpc) is 2.75. The number of hydrogen-bond donors (Lipinski definition) is 0. The standard InChI is InChI=1S/C14H18BBrN2O2/c1-13(2)14(3,4)20-15(19-13)12-10-7-6-9(16)8-11(10)18(5)17-12/h6-8H,1-5H3. The Balaban J connectivity index is 2.09. The molecule has 1 saturated heterocycles. The predicted molar refractivity (Wildman–Crippen MR) is 84.1 cm³/mol. The van der Waals surface area contributed by atoms with Crippen LogP contribution in [0.5, 0.6) is 0 Å². The number of fused-ring (bicyclic) bond motifs is 1. The Morgan fingerprint density at radius 2 is 1.75 bits per heavy atom. The minimum Gasteiger partial charge on any atom is -0.398 e. The van der Waals surface area contributed by atoms with Gasteiger partial charge in [-0.1, -0.05) is 22.0 Å². The van der Waals surface area contributed by atoms with Crippen molar-refractivity contribution in [3.8, 4) is 0 Å². The summed E-state index contributed by atoms with van der Waals surface area (Å²) in [6, 6.07) is 6.11. The van der Waals surface area contributed by atoms with Gasteiger partial charge in [-0.3, -0.25) is 4.68 Å². The van der Waals surface area contributed by atoms with Crippen molar-refractivity contribution in [1.29, 1.82) is 0 Å². The maximum atomic E-state index is 6.09. The van der Waals surface area contributed by atoms with Crippen LogP contribution in [0.1, 0.15) is 27.7 Å². The van der Waals surface area contributed by atoms with Crippen molar-refractivity contribution in [3.63, 3.8) is 0 Å². The lowest BCUT2D eigenvalue weighted by atomic mass is 9.82. The number of nitrogens with zero attached hydrogens (tertiary/aromatic N) is 2. The molecule has 1 aromatic heterocycles. The molecule has 0 aliphatic carbocycles. The van der Waals surface area contributed by atoms with Gasteiger partial charge < -0.3 is 9.31 Å². The number of rotatable bonds is 1. The van der Waals surface area contributed by atoms with E-state index in [9.17, 15) is 0 Å². The summed E-state index contributed by atoms with van der Waals surface area (Å²) in [4.78, 5) is 0. The largest absolute Gasteiger partial charge is 0.517 e. The molecule has 0 saturated carbocycles. The third-order valence-corrected chi connectivity index (χ3v) is 4.81. The van der Waals surface area contributed by atoms with Crippen LogP contribution >= 0.6 is 15.9 Å². The van der Waals surface area contributed by atoms with E-state index in [0.717, 1.165) is 21.0 Å². The fraction of sp³-hybridized carbons (Fsp3) is 0.500. The monoisotopic (exact) mass is 336 g/mol. The molecule has 0 bridgehead atoms. The van der Waals surface area contributed by atoms with Gasteiger partial charge in [0, 0.05) is 16.9 Å². The maximum Gasteiger partial charge on any atom is 0.517 e. The lowest BCUT2D eigenvalue weighted by Gasteiger charge is -2.32. The van der Waals surface area contributed by atoms with Crippen LogP contribution in [0.15, 0.2) is 22.7 Å². The van der Waals surface area contributed by atoms with Crippen LogP contribution in [0, 0.1) is 0 Å². The van der Waals surface area contributed by atoms with Crippen molar-refractivity contribution in [3.05, 3.63) is 22.7 Å². The van der Waals surface area contributed by atoms with Gasteiger partial charge in [-0.05, 0) is 39.8 Å². The van der Waals surface area contributed by atoms with E-state index in [1.807, 2.05) is 23.9 Å². The Morgan fingerprint density at radius 1 is 1.15 bits per heavy atom. The summed E-state index contributed by atoms with van der Waals surface area (Å²) in [5.74, 6) is 0. The summed E-state index contributed by atoms with van der Waals surface area (Å²) >= 11 is 3.49. The minimum atomic E-state index is -0.426. The molecule has 0 unspecified atom stereocenters. The summed E-state index contributed by atoms with van der Waals surface area (Å²) in [6.45, 7) is 8.20. The molecule has 1 aliphatic rings. The Bertz CT molecular complexity index is 665. The van der Waals surface area contributed by atoms with Crippen LogP contribution in [0.4, 0.5) is 0 Å². The Hall–Kier alpha value is -0.845. The molecular weight excluding hydrogens is 319 g/mol. The molecule has 2 aromatic rings. The second-order valence-electron chi connectivity index (χ2n) is 6.26. The van der Waals surface area contributed by atoms with Gasteiger partial charge in [0.2, 0.25) is 0 Å². The Kier molecular flexibility index (Phi) is 3.05. The quantitative estimate of drug-likeness (QED) is 0.751. The second kappa shape index (κ2) is 4.32. The summed E-state index contributed by atoms with van der Waals surface area (Å²) in [7, 11) is 1.51. The topological polar surface area (TPSA) is 36.3 Å².